The maximum atomic E-state index is 12.7. The smallest absolute Gasteiger partial charge is 0.260 e. The number of hydrogen-bond acceptors (Lipinski definition) is 6. The van der Waals surface area contributed by atoms with Gasteiger partial charge in [0.2, 0.25) is 11.8 Å². The lowest BCUT2D eigenvalue weighted by Crippen LogP contribution is -2.47. The molecule has 0 spiro atoms. The molecule has 1 aromatic rings. The summed E-state index contributed by atoms with van der Waals surface area (Å²) < 4.78 is 26.6. The number of amides is 2. The second kappa shape index (κ2) is 9.24. The van der Waals surface area contributed by atoms with Crippen LogP contribution in [-0.4, -0.2) is 54.4 Å². The number of nitrogens with two attached hydrogens (primary N) is 1. The van der Waals surface area contributed by atoms with Gasteiger partial charge in [0.1, 0.15) is 0 Å². The maximum absolute atomic E-state index is 12.7. The zero-order valence-electron chi connectivity index (χ0n) is 15.9. The number of nitrogens with zero attached hydrogens (tertiary/aromatic N) is 2. The number of Topliss-reactive ketones (excluding diaryl/α,β-unsaturated/α-hetero) is 1. The van der Waals surface area contributed by atoms with Crippen molar-refractivity contribution in [2.75, 3.05) is 13.1 Å². The third-order valence-electron chi connectivity index (χ3n) is 4.76. The molecule has 2 unspecified atom stereocenters. The molecule has 2 amide bonds. The first-order chi connectivity index (χ1) is 13.1. The van der Waals surface area contributed by atoms with Gasteiger partial charge in [-0.05, 0) is 30.9 Å². The average Bonchev–Trinajstić information content (AvgIpc) is 2.80. The van der Waals surface area contributed by atoms with E-state index < -0.39 is 39.6 Å². The van der Waals surface area contributed by atoms with Crippen LogP contribution in [0, 0.1) is 18.3 Å². The average molecular weight is 409 g/mol. The number of nitrogens with one attached hydrogen (secondary N) is 1. The number of carbonyl (C=O) groups is 3. The number of rotatable bonds is 7. The van der Waals surface area contributed by atoms with Crippen LogP contribution in [0.3, 0.4) is 0 Å². The van der Waals surface area contributed by atoms with Gasteiger partial charge in [-0.25, -0.2) is 13.4 Å². The number of ketones is 1. The van der Waals surface area contributed by atoms with Crippen molar-refractivity contribution in [3.8, 4) is 0 Å². The fourth-order valence-corrected chi connectivity index (χ4v) is 4.21. The maximum Gasteiger partial charge on any atom is 0.260 e. The summed E-state index contributed by atoms with van der Waals surface area (Å²) in [7, 11) is -3.90. The van der Waals surface area contributed by atoms with Crippen molar-refractivity contribution in [1.29, 1.82) is 0 Å². The molecule has 0 bridgehead atoms. The van der Waals surface area contributed by atoms with Crippen LogP contribution < -0.4 is 11.1 Å². The Hall–Kier alpha value is -2.33. The van der Waals surface area contributed by atoms with Gasteiger partial charge in [0, 0.05) is 18.7 Å². The highest BCUT2D eigenvalue weighted by molar-refractivity contribution is 7.89. The van der Waals surface area contributed by atoms with E-state index in [-0.39, 0.29) is 30.5 Å². The second-order valence-corrected chi connectivity index (χ2v) is 8.85. The van der Waals surface area contributed by atoms with E-state index in [1.807, 2.05) is 0 Å². The molecule has 0 saturated carbocycles. The SMILES string of the molecule is CC(C[CH]C(=O)N[C@@H]1C(=O)CN(S(=O)(=O)c2ccccn2)CCC1C)C(N)=O. The van der Waals surface area contributed by atoms with Gasteiger partial charge in [-0.1, -0.05) is 19.9 Å². The summed E-state index contributed by atoms with van der Waals surface area (Å²) in [6.45, 7) is 3.20. The Kier molecular flexibility index (Phi) is 7.25. The number of hydrogen-bond donors (Lipinski definition) is 2. The molecule has 153 valence electrons. The quantitative estimate of drug-likeness (QED) is 0.644. The van der Waals surface area contributed by atoms with E-state index in [1.54, 1.807) is 26.0 Å². The van der Waals surface area contributed by atoms with E-state index >= 15 is 0 Å². The summed E-state index contributed by atoms with van der Waals surface area (Å²) >= 11 is 0. The molecule has 1 saturated heterocycles. The predicted molar refractivity (Wildman–Crippen MR) is 101 cm³/mol. The molecule has 1 aromatic heterocycles. The predicted octanol–water partition coefficient (Wildman–Crippen LogP) is -0.118. The van der Waals surface area contributed by atoms with E-state index in [1.165, 1.54) is 18.7 Å². The Morgan fingerprint density at radius 1 is 1.43 bits per heavy atom. The summed E-state index contributed by atoms with van der Waals surface area (Å²) in [5.41, 5.74) is 5.16. The first-order valence-corrected chi connectivity index (χ1v) is 10.4. The van der Waals surface area contributed by atoms with Crippen molar-refractivity contribution in [2.24, 2.45) is 17.6 Å². The molecule has 2 rings (SSSR count). The van der Waals surface area contributed by atoms with Crippen molar-refractivity contribution in [2.45, 2.75) is 37.8 Å². The summed E-state index contributed by atoms with van der Waals surface area (Å²) in [6, 6.07) is 3.74. The highest BCUT2D eigenvalue weighted by Crippen LogP contribution is 2.21. The lowest BCUT2D eigenvalue weighted by Gasteiger charge is -2.21. The third kappa shape index (κ3) is 5.35. The molecule has 1 aliphatic heterocycles. The van der Waals surface area contributed by atoms with E-state index in [0.29, 0.717) is 6.42 Å². The van der Waals surface area contributed by atoms with Crippen LogP contribution in [0.2, 0.25) is 0 Å². The fraction of sp³-hybridized carbons (Fsp3) is 0.500. The van der Waals surface area contributed by atoms with Crippen molar-refractivity contribution < 1.29 is 22.8 Å². The molecule has 0 aliphatic carbocycles. The Morgan fingerprint density at radius 3 is 2.75 bits per heavy atom. The summed E-state index contributed by atoms with van der Waals surface area (Å²) in [6.07, 6.45) is 3.22. The lowest BCUT2D eigenvalue weighted by atomic mass is 9.95. The molecule has 9 nitrogen and oxygen atoms in total. The van der Waals surface area contributed by atoms with Crippen molar-refractivity contribution >= 4 is 27.6 Å². The van der Waals surface area contributed by atoms with Crippen molar-refractivity contribution in [1.82, 2.24) is 14.6 Å². The minimum Gasteiger partial charge on any atom is -0.369 e. The Morgan fingerprint density at radius 2 is 2.14 bits per heavy atom. The van der Waals surface area contributed by atoms with Crippen molar-refractivity contribution in [3.05, 3.63) is 30.8 Å². The van der Waals surface area contributed by atoms with Crippen LogP contribution in [-0.2, 0) is 24.4 Å². The number of carbonyl (C=O) groups excluding carboxylic acids is 3. The molecule has 3 N–H and O–H groups in total. The molecule has 2 heterocycles. The van der Waals surface area contributed by atoms with Gasteiger partial charge in [-0.3, -0.25) is 14.4 Å². The first kappa shape index (κ1) is 22.0. The third-order valence-corrected chi connectivity index (χ3v) is 6.53. The molecular weight excluding hydrogens is 384 g/mol. The van der Waals surface area contributed by atoms with Gasteiger partial charge in [-0.2, -0.15) is 4.31 Å². The Labute approximate surface area is 164 Å². The molecule has 1 fully saturated rings. The lowest BCUT2D eigenvalue weighted by molar-refractivity contribution is -0.127. The molecular formula is C18H25N4O5S. The largest absolute Gasteiger partial charge is 0.369 e. The molecule has 1 radical (unpaired) electrons. The van der Waals surface area contributed by atoms with Crippen LogP contribution in [0.5, 0.6) is 0 Å². The summed E-state index contributed by atoms with van der Waals surface area (Å²) in [5.74, 6) is -2.14. The summed E-state index contributed by atoms with van der Waals surface area (Å²) in [4.78, 5) is 39.7. The normalized spacial score (nSPS) is 22.3. The van der Waals surface area contributed by atoms with E-state index in [4.69, 9.17) is 5.73 Å². The molecule has 10 heteroatoms. The topological polar surface area (TPSA) is 140 Å². The fourth-order valence-electron chi connectivity index (χ4n) is 2.85. The zero-order chi connectivity index (χ0) is 20.9. The minimum absolute atomic E-state index is 0.119. The molecule has 0 aromatic carbocycles. The standard InChI is InChI=1S/C18H25N4O5S/c1-12-8-10-22(28(26,27)16-5-3-4-9-20-16)11-14(23)17(12)21-15(24)7-6-13(2)18(19)25/h3-5,7,9,12-13,17H,6,8,10-11H2,1-2H3,(H2,19,25)(H,21,24)/t12?,13?,17-/m0/s1. The first-order valence-electron chi connectivity index (χ1n) is 9.00. The second-order valence-electron chi connectivity index (χ2n) is 6.97. The minimum atomic E-state index is -3.90. The van der Waals surface area contributed by atoms with E-state index in [2.05, 4.69) is 10.3 Å². The number of aromatic nitrogens is 1. The monoisotopic (exact) mass is 409 g/mol. The van der Waals surface area contributed by atoms with Crippen LogP contribution in [0.1, 0.15) is 26.7 Å². The van der Waals surface area contributed by atoms with Gasteiger partial charge >= 0.3 is 0 Å². The summed E-state index contributed by atoms with van der Waals surface area (Å²) in [5, 5.41) is 2.51. The Bertz CT molecular complexity index is 828. The number of pyridine rings is 1. The number of sulfonamides is 1. The molecule has 1 aliphatic rings. The van der Waals surface area contributed by atoms with Gasteiger partial charge < -0.3 is 11.1 Å². The van der Waals surface area contributed by atoms with Crippen LogP contribution in [0.15, 0.2) is 29.4 Å². The van der Waals surface area contributed by atoms with Gasteiger partial charge in [0.25, 0.3) is 10.0 Å². The number of primary amides is 1. The zero-order valence-corrected chi connectivity index (χ0v) is 16.7. The van der Waals surface area contributed by atoms with Gasteiger partial charge in [0.15, 0.2) is 10.8 Å². The van der Waals surface area contributed by atoms with Crippen LogP contribution >= 0.6 is 0 Å². The highest BCUT2D eigenvalue weighted by atomic mass is 32.2. The molecule has 3 atom stereocenters. The highest BCUT2D eigenvalue weighted by Gasteiger charge is 2.36. The Balaban J connectivity index is 2.05. The van der Waals surface area contributed by atoms with Gasteiger partial charge in [0.05, 0.1) is 19.0 Å². The van der Waals surface area contributed by atoms with Crippen LogP contribution in [0.4, 0.5) is 0 Å². The van der Waals surface area contributed by atoms with Gasteiger partial charge in [-0.15, -0.1) is 0 Å². The van der Waals surface area contributed by atoms with Crippen molar-refractivity contribution in [3.63, 3.8) is 0 Å². The van der Waals surface area contributed by atoms with E-state index in [9.17, 15) is 22.8 Å². The molecule has 28 heavy (non-hydrogen) atoms. The van der Waals surface area contributed by atoms with E-state index in [0.717, 1.165) is 4.31 Å². The van der Waals surface area contributed by atoms with Crippen LogP contribution in [0.25, 0.3) is 0 Å².